The van der Waals surface area contributed by atoms with Crippen molar-refractivity contribution in [2.45, 2.75) is 94.2 Å². The zero-order chi connectivity index (χ0) is 37.9. The fourth-order valence-electron chi connectivity index (χ4n) is 14.1. The highest BCUT2D eigenvalue weighted by Gasteiger charge is 2.97. The number of cyclic esters (lactones) is 3. The van der Waals surface area contributed by atoms with Gasteiger partial charge in [0.2, 0.25) is 0 Å². The van der Waals surface area contributed by atoms with Crippen molar-refractivity contribution in [3.05, 3.63) is 34.1 Å². The molecular weight excluding hydrogens is 704 g/mol. The summed E-state index contributed by atoms with van der Waals surface area (Å²) in [7, 11) is 1.47. The lowest BCUT2D eigenvalue weighted by Gasteiger charge is -2.76. The Balaban J connectivity index is 1.14. The number of aliphatic hydroxyl groups is 2. The van der Waals surface area contributed by atoms with Crippen LogP contribution in [0.3, 0.4) is 0 Å². The van der Waals surface area contributed by atoms with Gasteiger partial charge in [-0.05, 0) is 79.8 Å². The molecule has 6 saturated carbocycles. The third kappa shape index (κ3) is 3.20. The quantitative estimate of drug-likeness (QED) is 0.171. The number of methoxy groups -OCH3 is 1. The number of carbonyl (C=O) groups is 5. The van der Waals surface area contributed by atoms with Crippen LogP contribution in [-0.4, -0.2) is 94.8 Å². The van der Waals surface area contributed by atoms with Gasteiger partial charge in [-0.3, -0.25) is 19.2 Å². The minimum Gasteiger partial charge on any atom is -0.497 e. The molecule has 0 radical (unpaired) electrons. The molecule has 11 aliphatic rings. The molecular formula is C40H44O14. The second-order valence-corrected chi connectivity index (χ2v) is 18.5. The monoisotopic (exact) mass is 748 g/mol. The van der Waals surface area contributed by atoms with Gasteiger partial charge in [0.05, 0.1) is 55.0 Å². The first-order valence-electron chi connectivity index (χ1n) is 19.3. The lowest BCUT2D eigenvalue weighted by atomic mass is 9.34. The summed E-state index contributed by atoms with van der Waals surface area (Å²) in [5.74, 6) is -5.98. The number of carbonyl (C=O) groups excluding carboxylic acids is 5. The average molecular weight is 749 g/mol. The van der Waals surface area contributed by atoms with E-state index in [1.807, 2.05) is 6.92 Å². The number of esters is 4. The number of hydrogen-bond acceptors (Lipinski definition) is 14. The van der Waals surface area contributed by atoms with Crippen molar-refractivity contribution in [3.63, 3.8) is 0 Å². The number of ketones is 1. The van der Waals surface area contributed by atoms with Gasteiger partial charge in [-0.2, -0.15) is 0 Å². The van der Waals surface area contributed by atoms with Crippen LogP contribution < -0.4 is 0 Å². The highest BCUT2D eigenvalue weighted by molar-refractivity contribution is 6.09. The fourth-order valence-corrected chi connectivity index (χ4v) is 14.1. The molecule has 0 aromatic heterocycles. The second kappa shape index (κ2) is 9.67. The molecule has 3 heterocycles. The molecule has 2 bridgehead atoms. The normalized spacial score (nSPS) is 54.6. The van der Waals surface area contributed by atoms with Crippen LogP contribution in [0.15, 0.2) is 34.1 Å². The van der Waals surface area contributed by atoms with E-state index in [9.17, 15) is 34.2 Å². The van der Waals surface area contributed by atoms with Gasteiger partial charge in [0.1, 0.15) is 30.2 Å². The summed E-state index contributed by atoms with van der Waals surface area (Å²) >= 11 is 0. The summed E-state index contributed by atoms with van der Waals surface area (Å²) < 4.78 is 29.5. The lowest BCUT2D eigenvalue weighted by molar-refractivity contribution is -0.571. The number of fused-ring (bicyclic) bond motifs is 7. The third-order valence-corrected chi connectivity index (χ3v) is 16.8. The van der Waals surface area contributed by atoms with Crippen molar-refractivity contribution >= 4 is 29.7 Å². The SMILES string of the molecule is COC1=C2C(=O)[C@@]3(C)[C@@H]4C[C@@H]4C4=C[C@@H]5[C@]6(OC(=O)C7=C6C[C@H]6[C@](O)(COC(=O)C(C)CCOC(=O)CCC(=O)OC7)[C@H]7C[C@H]7[C@]56C)[C@@H](C25OO[C@@]15C)[C@]43O. The van der Waals surface area contributed by atoms with E-state index in [1.165, 1.54) is 7.11 Å². The van der Waals surface area contributed by atoms with E-state index in [4.69, 9.17) is 33.5 Å². The first kappa shape index (κ1) is 33.7. The third-order valence-electron chi connectivity index (χ3n) is 16.8. The minimum absolute atomic E-state index is 0.0432. The predicted molar refractivity (Wildman–Crippen MR) is 177 cm³/mol. The summed E-state index contributed by atoms with van der Waals surface area (Å²) in [5.41, 5.74) is -8.27. The van der Waals surface area contributed by atoms with Crippen LogP contribution in [0.25, 0.3) is 0 Å². The summed E-state index contributed by atoms with van der Waals surface area (Å²) in [6.07, 6.45) is 3.16. The molecule has 14 nitrogen and oxygen atoms in total. The van der Waals surface area contributed by atoms with Crippen LogP contribution in [0.1, 0.15) is 66.2 Å². The summed E-state index contributed by atoms with van der Waals surface area (Å²) in [6.45, 7) is 6.56. The van der Waals surface area contributed by atoms with E-state index >= 15 is 0 Å². The van der Waals surface area contributed by atoms with Crippen LogP contribution in [-0.2, 0) is 57.4 Å². The number of rotatable bonds is 1. The van der Waals surface area contributed by atoms with Crippen LogP contribution in [0.4, 0.5) is 0 Å². The Bertz CT molecular complexity index is 2030. The van der Waals surface area contributed by atoms with Crippen LogP contribution >= 0.6 is 0 Å². The van der Waals surface area contributed by atoms with Gasteiger partial charge in [0.15, 0.2) is 22.6 Å². The van der Waals surface area contributed by atoms with Gasteiger partial charge in [-0.1, -0.05) is 19.9 Å². The van der Waals surface area contributed by atoms with Crippen molar-refractivity contribution < 1.29 is 67.6 Å². The topological polar surface area (TPSA) is 190 Å². The molecule has 2 spiro atoms. The van der Waals surface area contributed by atoms with Crippen LogP contribution in [0, 0.1) is 58.2 Å². The van der Waals surface area contributed by atoms with Gasteiger partial charge >= 0.3 is 23.9 Å². The average Bonchev–Trinajstić information content (AvgIpc) is 4.05. The van der Waals surface area contributed by atoms with Gasteiger partial charge in [-0.25, -0.2) is 14.6 Å². The Hall–Kier alpha value is -3.59. The number of Topliss-reactive ketones (excluding diaryl/α,β-unsaturated/α-hetero) is 1. The predicted octanol–water partition coefficient (Wildman–Crippen LogP) is 1.95. The minimum atomic E-state index is -1.82. The Morgan fingerprint density at radius 3 is 2.35 bits per heavy atom. The molecule has 0 aromatic carbocycles. The molecule has 3 aliphatic heterocycles. The fraction of sp³-hybridized carbons (Fsp3) is 0.725. The van der Waals surface area contributed by atoms with E-state index in [0.717, 1.165) is 5.57 Å². The molecule has 7 fully saturated rings. The van der Waals surface area contributed by atoms with Gasteiger partial charge in [0.25, 0.3) is 0 Å². The zero-order valence-electron chi connectivity index (χ0n) is 30.9. The standard InChI is InChI=1S/C40H44O14/c1-16-8-9-49-26(41)6-7-27(42)50-14-18-20-12-24-34(2,22-11-23(22)37(24,46)15-51-31(16)44)25-13-21-17-10-19(17)35(3)29(43)28-30(48-5)36(4)40(28,54-53-36)33(39(21,35)47)38(20,25)52-32(18)45/h13,16-17,19,22-25,33,46-47H,6-12,14-15H2,1-5H3/t16?,17-,19+,22+,23-,24+,25-,33+,34-,35+,36-,37-,38-,39+,40?/m0/s1. The smallest absolute Gasteiger partial charge is 0.338 e. The van der Waals surface area contributed by atoms with Gasteiger partial charge in [-0.15, -0.1) is 0 Å². The highest BCUT2D eigenvalue weighted by Crippen LogP contribution is 2.87. The highest BCUT2D eigenvalue weighted by atomic mass is 17.3. The Morgan fingerprint density at radius 1 is 0.907 bits per heavy atom. The first-order valence-corrected chi connectivity index (χ1v) is 19.3. The van der Waals surface area contributed by atoms with E-state index < -0.39 is 93.0 Å². The maximum Gasteiger partial charge on any atom is 0.338 e. The van der Waals surface area contributed by atoms with Crippen molar-refractivity contribution in [1.82, 2.24) is 0 Å². The summed E-state index contributed by atoms with van der Waals surface area (Å²) in [4.78, 5) is 80.2. The lowest BCUT2D eigenvalue weighted by Crippen LogP contribution is -2.90. The summed E-state index contributed by atoms with van der Waals surface area (Å²) in [6, 6.07) is 0. The van der Waals surface area contributed by atoms with Crippen molar-refractivity contribution in [1.29, 1.82) is 0 Å². The van der Waals surface area contributed by atoms with Crippen molar-refractivity contribution in [3.8, 4) is 0 Å². The summed E-state index contributed by atoms with van der Waals surface area (Å²) in [5, 5.41) is 26.5. The molecule has 11 rings (SSSR count). The Labute approximate surface area is 310 Å². The number of hydrogen-bond donors (Lipinski definition) is 2. The Kier molecular flexibility index (Phi) is 6.04. The first-order chi connectivity index (χ1) is 25.5. The van der Waals surface area contributed by atoms with E-state index in [1.54, 1.807) is 13.8 Å². The van der Waals surface area contributed by atoms with Crippen molar-refractivity contribution in [2.24, 2.45) is 58.2 Å². The van der Waals surface area contributed by atoms with E-state index in [0.29, 0.717) is 24.2 Å². The van der Waals surface area contributed by atoms with Crippen LogP contribution in [0.2, 0.25) is 0 Å². The second-order valence-electron chi connectivity index (χ2n) is 18.5. The molecule has 2 N–H and O–H groups in total. The molecule has 8 aliphatic carbocycles. The molecule has 0 aromatic rings. The maximum absolute atomic E-state index is 14.9. The molecule has 54 heavy (non-hydrogen) atoms. The van der Waals surface area contributed by atoms with Gasteiger partial charge < -0.3 is 33.9 Å². The number of ether oxygens (including phenoxy) is 5. The molecule has 1 saturated heterocycles. The van der Waals surface area contributed by atoms with Crippen molar-refractivity contribution in [2.75, 3.05) is 26.9 Å². The molecule has 14 heteroatoms. The molecule has 0 amide bonds. The molecule has 15 atom stereocenters. The van der Waals surface area contributed by atoms with E-state index in [-0.39, 0.29) is 79.5 Å². The maximum atomic E-state index is 14.9. The zero-order valence-corrected chi connectivity index (χ0v) is 30.9. The van der Waals surface area contributed by atoms with E-state index in [2.05, 4.69) is 13.0 Å². The van der Waals surface area contributed by atoms with Gasteiger partial charge in [0, 0.05) is 11.8 Å². The Morgan fingerprint density at radius 2 is 1.65 bits per heavy atom. The molecule has 288 valence electrons. The largest absolute Gasteiger partial charge is 0.497 e. The molecule has 2 unspecified atom stereocenters. The van der Waals surface area contributed by atoms with Crippen LogP contribution in [0.5, 0.6) is 0 Å².